The van der Waals surface area contributed by atoms with Crippen LogP contribution < -0.4 is 0 Å². The first-order valence-electron chi connectivity index (χ1n) is 6.34. The predicted octanol–water partition coefficient (Wildman–Crippen LogP) is 4.30. The molecule has 0 fully saturated rings. The van der Waals surface area contributed by atoms with E-state index in [0.717, 1.165) is 25.9 Å². The minimum atomic E-state index is -0.240. The number of benzene rings is 1. The molecule has 1 amide bonds. The number of halogens is 1. The Hall–Kier alpha value is -1.03. The van der Waals surface area contributed by atoms with Crippen molar-refractivity contribution in [2.24, 2.45) is 0 Å². The van der Waals surface area contributed by atoms with Crippen molar-refractivity contribution in [2.75, 3.05) is 13.1 Å². The number of thioether (sulfide) groups is 1. The molecule has 0 radical (unpaired) electrons. The third-order valence-corrected chi connectivity index (χ3v) is 3.51. The number of carbonyl (C=O) groups is 1. The minimum absolute atomic E-state index is 0.0435. The molecule has 0 aliphatic rings. The zero-order chi connectivity index (χ0) is 13.4. The molecule has 0 spiro atoms. The first-order valence-corrected chi connectivity index (χ1v) is 7.32. The van der Waals surface area contributed by atoms with Gasteiger partial charge in [0.15, 0.2) is 0 Å². The van der Waals surface area contributed by atoms with Gasteiger partial charge in [0.05, 0.1) is 0 Å². The molecule has 1 aromatic carbocycles. The molecule has 0 aliphatic heterocycles. The lowest BCUT2D eigenvalue weighted by atomic mass is 10.2. The number of amides is 1. The highest BCUT2D eigenvalue weighted by Crippen LogP contribution is 2.18. The highest BCUT2D eigenvalue weighted by molar-refractivity contribution is 8.12. The molecule has 0 atom stereocenters. The number of hydrogen-bond acceptors (Lipinski definition) is 2. The summed E-state index contributed by atoms with van der Waals surface area (Å²) in [7, 11) is 0. The topological polar surface area (TPSA) is 20.3 Å². The van der Waals surface area contributed by atoms with Crippen molar-refractivity contribution in [3.05, 3.63) is 35.6 Å². The van der Waals surface area contributed by atoms with Crippen LogP contribution in [0.2, 0.25) is 0 Å². The van der Waals surface area contributed by atoms with Crippen LogP contribution >= 0.6 is 11.8 Å². The zero-order valence-corrected chi connectivity index (χ0v) is 11.8. The lowest BCUT2D eigenvalue weighted by molar-refractivity contribution is 0.223. The zero-order valence-electron chi connectivity index (χ0n) is 11.0. The fourth-order valence-corrected chi connectivity index (χ4v) is 2.56. The maximum Gasteiger partial charge on any atom is 0.281 e. The van der Waals surface area contributed by atoms with Gasteiger partial charge in [-0.2, -0.15) is 0 Å². The van der Waals surface area contributed by atoms with Gasteiger partial charge in [-0.25, -0.2) is 4.39 Å². The van der Waals surface area contributed by atoms with E-state index in [2.05, 4.69) is 13.8 Å². The van der Waals surface area contributed by atoms with Crippen molar-refractivity contribution in [1.29, 1.82) is 0 Å². The molecule has 0 heterocycles. The van der Waals surface area contributed by atoms with Crippen molar-refractivity contribution >= 4 is 17.0 Å². The van der Waals surface area contributed by atoms with Gasteiger partial charge < -0.3 is 4.90 Å². The van der Waals surface area contributed by atoms with E-state index in [4.69, 9.17) is 0 Å². The average Bonchev–Trinajstić information content (AvgIpc) is 2.37. The van der Waals surface area contributed by atoms with Crippen LogP contribution in [0.25, 0.3) is 0 Å². The van der Waals surface area contributed by atoms with Crippen molar-refractivity contribution < 1.29 is 9.18 Å². The van der Waals surface area contributed by atoms with Crippen LogP contribution in [0, 0.1) is 5.82 Å². The van der Waals surface area contributed by atoms with E-state index >= 15 is 0 Å². The molecule has 1 aromatic rings. The Morgan fingerprint density at radius 2 is 1.83 bits per heavy atom. The molecular formula is C14H20FNOS. The predicted molar refractivity (Wildman–Crippen MR) is 75.2 cm³/mol. The normalized spacial score (nSPS) is 10.4. The maximum absolute atomic E-state index is 13.4. The van der Waals surface area contributed by atoms with Crippen molar-refractivity contribution in [3.8, 4) is 0 Å². The van der Waals surface area contributed by atoms with Gasteiger partial charge in [0.25, 0.3) is 5.24 Å². The summed E-state index contributed by atoms with van der Waals surface area (Å²) in [6, 6.07) is 6.60. The van der Waals surface area contributed by atoms with Gasteiger partial charge in [-0.15, -0.1) is 0 Å². The summed E-state index contributed by atoms with van der Waals surface area (Å²) in [5, 5.41) is 0.0435. The van der Waals surface area contributed by atoms with Crippen LogP contribution in [0.1, 0.15) is 32.3 Å². The summed E-state index contributed by atoms with van der Waals surface area (Å²) in [4.78, 5) is 13.8. The van der Waals surface area contributed by atoms with E-state index in [0.29, 0.717) is 11.3 Å². The van der Waals surface area contributed by atoms with Gasteiger partial charge in [0.1, 0.15) is 5.82 Å². The molecular weight excluding hydrogens is 249 g/mol. The van der Waals surface area contributed by atoms with E-state index < -0.39 is 0 Å². The number of hydrogen-bond donors (Lipinski definition) is 0. The van der Waals surface area contributed by atoms with Crippen LogP contribution in [0.3, 0.4) is 0 Å². The fourth-order valence-electron chi connectivity index (χ4n) is 1.68. The Kier molecular flexibility index (Phi) is 6.80. The number of nitrogens with zero attached hydrogens (tertiary/aromatic N) is 1. The SMILES string of the molecule is CCCN(CCC)C(=O)SCc1ccccc1F. The Bertz CT molecular complexity index is 378. The molecule has 4 heteroatoms. The first-order chi connectivity index (χ1) is 8.69. The molecule has 100 valence electrons. The fraction of sp³-hybridized carbons (Fsp3) is 0.500. The molecule has 0 N–H and O–H groups in total. The van der Waals surface area contributed by atoms with Crippen LogP contribution in [0.15, 0.2) is 24.3 Å². The van der Waals surface area contributed by atoms with Gasteiger partial charge in [-0.1, -0.05) is 43.8 Å². The summed E-state index contributed by atoms with van der Waals surface area (Å²) in [5.41, 5.74) is 0.587. The van der Waals surface area contributed by atoms with Crippen molar-refractivity contribution in [3.63, 3.8) is 0 Å². The first kappa shape index (κ1) is 15.0. The quantitative estimate of drug-likeness (QED) is 0.767. The molecule has 0 bridgehead atoms. The Morgan fingerprint density at radius 3 is 2.39 bits per heavy atom. The molecule has 0 saturated heterocycles. The highest BCUT2D eigenvalue weighted by atomic mass is 32.2. The minimum Gasteiger partial charge on any atom is -0.334 e. The lowest BCUT2D eigenvalue weighted by Gasteiger charge is -2.20. The summed E-state index contributed by atoms with van der Waals surface area (Å²) >= 11 is 1.18. The molecule has 0 unspecified atom stereocenters. The highest BCUT2D eigenvalue weighted by Gasteiger charge is 2.13. The van der Waals surface area contributed by atoms with Gasteiger partial charge >= 0.3 is 0 Å². The van der Waals surface area contributed by atoms with Gasteiger partial charge in [0.2, 0.25) is 0 Å². The van der Waals surface area contributed by atoms with Gasteiger partial charge in [0, 0.05) is 18.8 Å². The van der Waals surface area contributed by atoms with Crippen LogP contribution in [-0.2, 0) is 5.75 Å². The average molecular weight is 269 g/mol. The van der Waals surface area contributed by atoms with E-state index in [1.165, 1.54) is 17.8 Å². The number of rotatable bonds is 6. The third-order valence-electron chi connectivity index (χ3n) is 2.55. The monoisotopic (exact) mass is 269 g/mol. The molecule has 0 aromatic heterocycles. The van der Waals surface area contributed by atoms with Crippen LogP contribution in [0.5, 0.6) is 0 Å². The second kappa shape index (κ2) is 8.14. The standard InChI is InChI=1S/C14H20FNOS/c1-3-9-16(10-4-2)14(17)18-11-12-7-5-6-8-13(12)15/h5-8H,3-4,9-11H2,1-2H3. The molecule has 0 saturated carbocycles. The maximum atomic E-state index is 13.4. The molecule has 0 aliphatic carbocycles. The largest absolute Gasteiger partial charge is 0.334 e. The van der Waals surface area contributed by atoms with E-state index in [1.807, 2.05) is 4.90 Å². The molecule has 2 nitrogen and oxygen atoms in total. The van der Waals surface area contributed by atoms with E-state index in [1.54, 1.807) is 18.2 Å². The Balaban J connectivity index is 2.51. The van der Waals surface area contributed by atoms with Crippen LogP contribution in [0.4, 0.5) is 9.18 Å². The third kappa shape index (κ3) is 4.69. The molecule has 1 rings (SSSR count). The Labute approximate surface area is 113 Å². The van der Waals surface area contributed by atoms with Gasteiger partial charge in [-0.05, 0) is 24.5 Å². The van der Waals surface area contributed by atoms with Crippen molar-refractivity contribution in [1.82, 2.24) is 4.90 Å². The van der Waals surface area contributed by atoms with E-state index in [-0.39, 0.29) is 11.1 Å². The van der Waals surface area contributed by atoms with Gasteiger partial charge in [-0.3, -0.25) is 4.79 Å². The van der Waals surface area contributed by atoms with E-state index in [9.17, 15) is 9.18 Å². The van der Waals surface area contributed by atoms with Crippen molar-refractivity contribution in [2.45, 2.75) is 32.4 Å². The lowest BCUT2D eigenvalue weighted by Crippen LogP contribution is -2.29. The summed E-state index contributed by atoms with van der Waals surface area (Å²) < 4.78 is 13.4. The summed E-state index contributed by atoms with van der Waals surface area (Å²) in [6.07, 6.45) is 1.90. The second-order valence-electron chi connectivity index (χ2n) is 4.13. The number of carbonyl (C=O) groups excluding carboxylic acids is 1. The Morgan fingerprint density at radius 1 is 1.22 bits per heavy atom. The molecule has 18 heavy (non-hydrogen) atoms. The summed E-state index contributed by atoms with van der Waals surface area (Å²) in [6.45, 7) is 5.66. The summed E-state index contributed by atoms with van der Waals surface area (Å²) in [5.74, 6) is 0.158. The van der Waals surface area contributed by atoms with Crippen LogP contribution in [-0.4, -0.2) is 23.2 Å². The second-order valence-corrected chi connectivity index (χ2v) is 5.06. The smallest absolute Gasteiger partial charge is 0.281 e.